The van der Waals surface area contributed by atoms with Crippen LogP contribution in [0.2, 0.25) is 0 Å². The minimum Gasteiger partial charge on any atom is -0.480 e. The van der Waals surface area contributed by atoms with Crippen molar-refractivity contribution in [2.24, 2.45) is 5.92 Å². The van der Waals surface area contributed by atoms with E-state index in [9.17, 15) is 14.4 Å². The van der Waals surface area contributed by atoms with Gasteiger partial charge in [0.15, 0.2) is 5.76 Å². The molecule has 0 saturated heterocycles. The maximum atomic E-state index is 11.9. The number of carboxylic acid groups (broad SMARTS) is 1. The van der Waals surface area contributed by atoms with Crippen LogP contribution in [0.15, 0.2) is 22.8 Å². The third kappa shape index (κ3) is 4.62. The number of carboxylic acids is 1. The number of carbonyl (C=O) groups is 3. The zero-order valence-corrected chi connectivity index (χ0v) is 12.3. The first kappa shape index (κ1) is 16.7. The molecule has 0 radical (unpaired) electrons. The molecular weight excluding hydrogens is 276 g/mol. The van der Waals surface area contributed by atoms with Gasteiger partial charge in [-0.15, -0.1) is 0 Å². The fourth-order valence-corrected chi connectivity index (χ4v) is 1.78. The molecule has 0 aliphatic carbocycles. The maximum Gasteiger partial charge on any atom is 0.326 e. The molecule has 0 aliphatic rings. The van der Waals surface area contributed by atoms with Crippen LogP contribution in [0.1, 0.15) is 30.8 Å². The van der Waals surface area contributed by atoms with E-state index in [0.29, 0.717) is 6.42 Å². The fourth-order valence-electron chi connectivity index (χ4n) is 1.78. The topological polar surface area (TPSA) is 99.9 Å². The summed E-state index contributed by atoms with van der Waals surface area (Å²) in [7, 11) is 1.45. The Morgan fingerprint density at radius 3 is 2.57 bits per heavy atom. The zero-order chi connectivity index (χ0) is 16.0. The lowest BCUT2D eigenvalue weighted by Gasteiger charge is -2.22. The highest BCUT2D eigenvalue weighted by Gasteiger charge is 2.26. The Bertz CT molecular complexity index is 497. The molecule has 0 aromatic carbocycles. The summed E-state index contributed by atoms with van der Waals surface area (Å²) in [5.41, 5.74) is 0. The second kappa shape index (κ2) is 7.47. The van der Waals surface area contributed by atoms with Crippen LogP contribution in [0, 0.1) is 5.92 Å². The quantitative estimate of drug-likeness (QED) is 0.781. The van der Waals surface area contributed by atoms with Crippen molar-refractivity contribution in [2.45, 2.75) is 26.3 Å². The minimum absolute atomic E-state index is 0.127. The van der Waals surface area contributed by atoms with Crippen molar-refractivity contribution >= 4 is 17.8 Å². The summed E-state index contributed by atoms with van der Waals surface area (Å²) in [4.78, 5) is 36.1. The molecule has 7 nitrogen and oxygen atoms in total. The van der Waals surface area contributed by atoms with Crippen LogP contribution in [-0.2, 0) is 9.59 Å². The molecule has 2 N–H and O–H groups in total. The average molecular weight is 296 g/mol. The van der Waals surface area contributed by atoms with Crippen molar-refractivity contribution in [3.63, 3.8) is 0 Å². The average Bonchev–Trinajstić information content (AvgIpc) is 2.96. The largest absolute Gasteiger partial charge is 0.480 e. The molecule has 0 bridgehead atoms. The number of furan rings is 1. The Balaban J connectivity index is 2.59. The number of likely N-dealkylation sites (N-methyl/N-ethyl adjacent to an activating group) is 1. The molecule has 116 valence electrons. The van der Waals surface area contributed by atoms with Gasteiger partial charge < -0.3 is 19.7 Å². The lowest BCUT2D eigenvalue weighted by atomic mass is 9.99. The smallest absolute Gasteiger partial charge is 0.326 e. The van der Waals surface area contributed by atoms with Crippen LogP contribution in [0.4, 0.5) is 0 Å². The maximum absolute atomic E-state index is 11.9. The number of carbonyl (C=O) groups excluding carboxylic acids is 2. The highest BCUT2D eigenvalue weighted by atomic mass is 16.4. The van der Waals surface area contributed by atoms with E-state index < -0.39 is 23.8 Å². The fraction of sp³-hybridized carbons (Fsp3) is 0.500. The number of nitrogens with zero attached hydrogens (tertiary/aromatic N) is 1. The van der Waals surface area contributed by atoms with Crippen molar-refractivity contribution in [2.75, 3.05) is 13.6 Å². The normalized spacial score (nSPS) is 13.3. The summed E-state index contributed by atoms with van der Waals surface area (Å²) in [6.45, 7) is 3.36. The van der Waals surface area contributed by atoms with Gasteiger partial charge in [0, 0.05) is 7.05 Å². The molecule has 0 saturated carbocycles. The Hall–Kier alpha value is -2.31. The summed E-state index contributed by atoms with van der Waals surface area (Å²) in [5.74, 6) is -2.12. The molecule has 0 unspecified atom stereocenters. The first-order valence-corrected chi connectivity index (χ1v) is 6.68. The molecule has 0 fully saturated rings. The molecule has 0 aliphatic heterocycles. The van der Waals surface area contributed by atoms with Crippen molar-refractivity contribution in [3.8, 4) is 0 Å². The minimum atomic E-state index is -1.09. The summed E-state index contributed by atoms with van der Waals surface area (Å²) < 4.78 is 4.96. The highest BCUT2D eigenvalue weighted by molar-refractivity contribution is 5.94. The lowest BCUT2D eigenvalue weighted by Crippen LogP contribution is -2.48. The van der Waals surface area contributed by atoms with E-state index in [1.54, 1.807) is 13.0 Å². The van der Waals surface area contributed by atoms with Gasteiger partial charge in [-0.25, -0.2) is 4.79 Å². The molecule has 1 heterocycles. The molecule has 1 aromatic heterocycles. The van der Waals surface area contributed by atoms with Crippen molar-refractivity contribution in [3.05, 3.63) is 24.2 Å². The summed E-state index contributed by atoms with van der Waals surface area (Å²) in [6, 6.07) is 2.11. The van der Waals surface area contributed by atoms with Crippen molar-refractivity contribution < 1.29 is 23.9 Å². The highest BCUT2D eigenvalue weighted by Crippen LogP contribution is 2.08. The summed E-state index contributed by atoms with van der Waals surface area (Å²) >= 11 is 0. The van der Waals surface area contributed by atoms with Crippen molar-refractivity contribution in [1.82, 2.24) is 10.2 Å². The number of hydrogen-bond donors (Lipinski definition) is 2. The van der Waals surface area contributed by atoms with E-state index in [-0.39, 0.29) is 18.2 Å². The number of rotatable bonds is 7. The van der Waals surface area contributed by atoms with Gasteiger partial charge in [0.2, 0.25) is 5.91 Å². The number of hydrogen-bond acceptors (Lipinski definition) is 4. The van der Waals surface area contributed by atoms with E-state index in [1.807, 2.05) is 6.92 Å². The third-order valence-electron chi connectivity index (χ3n) is 3.25. The summed E-state index contributed by atoms with van der Waals surface area (Å²) in [6.07, 6.45) is 1.99. The predicted octanol–water partition coefficient (Wildman–Crippen LogP) is 0.967. The first-order valence-electron chi connectivity index (χ1n) is 6.68. The van der Waals surface area contributed by atoms with Gasteiger partial charge in [0.1, 0.15) is 6.04 Å². The van der Waals surface area contributed by atoms with Crippen LogP contribution in [0.25, 0.3) is 0 Å². The summed E-state index contributed by atoms with van der Waals surface area (Å²) in [5, 5.41) is 11.5. The Morgan fingerprint density at radius 1 is 1.43 bits per heavy atom. The predicted molar refractivity (Wildman–Crippen MR) is 74.7 cm³/mol. The van der Waals surface area contributed by atoms with E-state index in [0.717, 1.165) is 0 Å². The SMILES string of the molecule is CC[C@H](C)[C@H](NC(=O)CN(C)C(=O)c1ccco1)C(=O)O. The van der Waals surface area contributed by atoms with Crippen LogP contribution in [0.3, 0.4) is 0 Å². The molecular formula is C14H20N2O5. The van der Waals surface area contributed by atoms with Crippen LogP contribution in [0.5, 0.6) is 0 Å². The molecule has 2 amide bonds. The number of aliphatic carboxylic acids is 1. The number of amides is 2. The van der Waals surface area contributed by atoms with Crippen LogP contribution in [-0.4, -0.2) is 47.4 Å². The van der Waals surface area contributed by atoms with Gasteiger partial charge in [-0.1, -0.05) is 20.3 Å². The lowest BCUT2D eigenvalue weighted by molar-refractivity contribution is -0.143. The van der Waals surface area contributed by atoms with E-state index in [1.165, 1.54) is 24.3 Å². The van der Waals surface area contributed by atoms with Gasteiger partial charge in [0.25, 0.3) is 5.91 Å². The van der Waals surface area contributed by atoms with E-state index in [4.69, 9.17) is 9.52 Å². The van der Waals surface area contributed by atoms with Crippen LogP contribution >= 0.6 is 0 Å². The molecule has 1 rings (SSSR count). The molecule has 2 atom stereocenters. The zero-order valence-electron chi connectivity index (χ0n) is 12.3. The van der Waals surface area contributed by atoms with Gasteiger partial charge in [-0.2, -0.15) is 0 Å². The first-order chi connectivity index (χ1) is 9.86. The Labute approximate surface area is 122 Å². The Morgan fingerprint density at radius 2 is 2.10 bits per heavy atom. The molecule has 21 heavy (non-hydrogen) atoms. The van der Waals surface area contributed by atoms with Gasteiger partial charge in [-0.05, 0) is 18.1 Å². The molecule has 0 spiro atoms. The van der Waals surface area contributed by atoms with Crippen molar-refractivity contribution in [1.29, 1.82) is 0 Å². The Kier molecular flexibility index (Phi) is 5.95. The number of nitrogens with one attached hydrogen (secondary N) is 1. The van der Waals surface area contributed by atoms with E-state index in [2.05, 4.69) is 5.32 Å². The molecule has 7 heteroatoms. The van der Waals surface area contributed by atoms with Gasteiger partial charge in [-0.3, -0.25) is 9.59 Å². The second-order valence-electron chi connectivity index (χ2n) is 4.91. The standard InChI is InChI=1S/C14H20N2O5/c1-4-9(2)12(14(19)20)15-11(17)8-16(3)13(18)10-6-5-7-21-10/h5-7,9,12H,4,8H2,1-3H3,(H,15,17)(H,19,20)/t9-,12-/m0/s1. The van der Waals surface area contributed by atoms with Crippen LogP contribution < -0.4 is 5.32 Å². The second-order valence-corrected chi connectivity index (χ2v) is 4.91. The third-order valence-corrected chi connectivity index (χ3v) is 3.25. The van der Waals surface area contributed by atoms with E-state index >= 15 is 0 Å². The van der Waals surface area contributed by atoms with Gasteiger partial charge in [0.05, 0.1) is 12.8 Å². The monoisotopic (exact) mass is 296 g/mol. The van der Waals surface area contributed by atoms with Gasteiger partial charge >= 0.3 is 5.97 Å². The molecule has 1 aromatic rings.